The van der Waals surface area contributed by atoms with Gasteiger partial charge in [0.25, 0.3) is 0 Å². The van der Waals surface area contributed by atoms with Gasteiger partial charge in [-0.1, -0.05) is 66.2 Å². The number of hydrazone groups is 1. The fourth-order valence-corrected chi connectivity index (χ4v) is 3.63. The second kappa shape index (κ2) is 12.0. The molecule has 4 rings (SSSR count). The molecule has 0 aromatic heterocycles. The molecule has 8 heteroatoms. The fraction of sp³-hybridized carbons (Fsp3) is 0.107. The van der Waals surface area contributed by atoms with Gasteiger partial charge in [0.05, 0.1) is 11.9 Å². The van der Waals surface area contributed by atoms with Crippen molar-refractivity contribution in [2.45, 2.75) is 19.4 Å². The summed E-state index contributed by atoms with van der Waals surface area (Å²) in [4.78, 5) is 24.3. The molecule has 2 N–H and O–H groups in total. The van der Waals surface area contributed by atoms with Crippen LogP contribution in [-0.2, 0) is 16.2 Å². The third-order valence-electron chi connectivity index (χ3n) is 5.35. The van der Waals surface area contributed by atoms with Gasteiger partial charge >= 0.3 is 0 Å². The lowest BCUT2D eigenvalue weighted by Gasteiger charge is -2.12. The summed E-state index contributed by atoms with van der Waals surface area (Å²) in [5.41, 5.74) is 4.18. The van der Waals surface area contributed by atoms with E-state index < -0.39 is 17.6 Å². The molecule has 0 aliphatic rings. The predicted octanol–water partition coefficient (Wildman–Crippen LogP) is 6.08. The monoisotopic (exact) mass is 503 g/mol. The van der Waals surface area contributed by atoms with Gasteiger partial charge in [0, 0.05) is 23.4 Å². The molecule has 0 aliphatic carbocycles. The highest BCUT2D eigenvalue weighted by Gasteiger charge is 2.10. The minimum absolute atomic E-state index is 0.0722. The van der Waals surface area contributed by atoms with Crippen molar-refractivity contribution in [3.63, 3.8) is 0 Å². The van der Waals surface area contributed by atoms with E-state index >= 15 is 0 Å². The van der Waals surface area contributed by atoms with Crippen molar-refractivity contribution >= 4 is 46.1 Å². The van der Waals surface area contributed by atoms with Crippen molar-refractivity contribution in [2.75, 3.05) is 5.32 Å². The van der Waals surface area contributed by atoms with Gasteiger partial charge in [0.1, 0.15) is 18.2 Å². The number of halogens is 2. The smallest absolute Gasteiger partial charge is 0.240 e. The molecule has 2 amide bonds. The van der Waals surface area contributed by atoms with Crippen LogP contribution in [0.4, 0.5) is 10.1 Å². The van der Waals surface area contributed by atoms with Crippen LogP contribution in [0.3, 0.4) is 0 Å². The maximum Gasteiger partial charge on any atom is 0.240 e. The molecule has 182 valence electrons. The molecule has 0 unspecified atom stereocenters. The first-order valence-electron chi connectivity index (χ1n) is 11.2. The number of anilines is 1. The number of fused-ring (bicyclic) bond motifs is 1. The zero-order valence-corrected chi connectivity index (χ0v) is 20.0. The van der Waals surface area contributed by atoms with Gasteiger partial charge < -0.3 is 10.1 Å². The van der Waals surface area contributed by atoms with Crippen molar-refractivity contribution < 1.29 is 18.7 Å². The summed E-state index contributed by atoms with van der Waals surface area (Å²) in [6.45, 7) is 0.333. The van der Waals surface area contributed by atoms with Crippen LogP contribution in [0, 0.1) is 5.82 Å². The van der Waals surface area contributed by atoms with Gasteiger partial charge in [-0.2, -0.15) is 5.10 Å². The Morgan fingerprint density at radius 3 is 2.42 bits per heavy atom. The summed E-state index contributed by atoms with van der Waals surface area (Å²) in [6, 6.07) is 24.8. The minimum Gasteiger partial charge on any atom is -0.488 e. The van der Waals surface area contributed by atoms with Gasteiger partial charge in [0.2, 0.25) is 11.8 Å². The van der Waals surface area contributed by atoms with Gasteiger partial charge in [-0.15, -0.1) is 0 Å². The lowest BCUT2D eigenvalue weighted by atomic mass is 10.0. The number of nitrogens with one attached hydrogen (secondary N) is 2. The zero-order chi connectivity index (χ0) is 25.3. The van der Waals surface area contributed by atoms with E-state index in [-0.39, 0.29) is 18.5 Å². The van der Waals surface area contributed by atoms with E-state index in [9.17, 15) is 14.0 Å². The molecule has 0 atom stereocenters. The van der Waals surface area contributed by atoms with E-state index in [1.807, 2.05) is 48.5 Å². The van der Waals surface area contributed by atoms with Gasteiger partial charge in [-0.05, 0) is 46.7 Å². The molecule has 0 saturated heterocycles. The Labute approximate surface area is 212 Å². The highest BCUT2D eigenvalue weighted by molar-refractivity contribution is 6.30. The van der Waals surface area contributed by atoms with E-state index in [2.05, 4.69) is 15.8 Å². The van der Waals surface area contributed by atoms with Crippen LogP contribution in [0.15, 0.2) is 90.0 Å². The molecule has 0 heterocycles. The van der Waals surface area contributed by atoms with Crippen molar-refractivity contribution in [2.24, 2.45) is 5.10 Å². The minimum atomic E-state index is -0.538. The highest BCUT2D eigenvalue weighted by atomic mass is 35.5. The second-order valence-electron chi connectivity index (χ2n) is 7.93. The first-order valence-corrected chi connectivity index (χ1v) is 11.6. The Hall–Kier alpha value is -4.23. The average molecular weight is 504 g/mol. The number of rotatable bonds is 9. The molecule has 0 aliphatic heterocycles. The Morgan fingerprint density at radius 2 is 1.61 bits per heavy atom. The van der Waals surface area contributed by atoms with Crippen LogP contribution in [0.5, 0.6) is 5.75 Å². The normalized spacial score (nSPS) is 10.9. The molecule has 0 radical (unpaired) electrons. The van der Waals surface area contributed by atoms with E-state index in [1.165, 1.54) is 24.4 Å². The predicted molar refractivity (Wildman–Crippen MR) is 140 cm³/mol. The molecule has 0 bridgehead atoms. The summed E-state index contributed by atoms with van der Waals surface area (Å²) in [7, 11) is 0. The Bertz CT molecular complexity index is 1410. The molecule has 4 aromatic carbocycles. The number of hydrogen-bond donors (Lipinski definition) is 2. The Morgan fingerprint density at radius 1 is 0.889 bits per heavy atom. The van der Waals surface area contributed by atoms with Gasteiger partial charge in [-0.3, -0.25) is 9.59 Å². The summed E-state index contributed by atoms with van der Waals surface area (Å²) in [5, 5.41) is 9.09. The number of carbonyl (C=O) groups excluding carboxylic acids is 2. The lowest BCUT2D eigenvalue weighted by molar-refractivity contribution is -0.124. The number of para-hydroxylation sites is 1. The largest absolute Gasteiger partial charge is 0.488 e. The van der Waals surface area contributed by atoms with E-state index in [4.69, 9.17) is 16.3 Å². The summed E-state index contributed by atoms with van der Waals surface area (Å²) < 4.78 is 19.7. The fourth-order valence-electron chi connectivity index (χ4n) is 3.50. The van der Waals surface area contributed by atoms with Crippen LogP contribution < -0.4 is 15.5 Å². The number of ether oxygens (including phenoxy) is 1. The first-order chi connectivity index (χ1) is 17.5. The van der Waals surface area contributed by atoms with Crippen LogP contribution >= 0.6 is 11.6 Å². The van der Waals surface area contributed by atoms with Crippen LogP contribution in [0.25, 0.3) is 10.8 Å². The van der Waals surface area contributed by atoms with Crippen molar-refractivity contribution in [1.82, 2.24) is 5.43 Å². The number of amides is 2. The van der Waals surface area contributed by atoms with Crippen molar-refractivity contribution in [1.29, 1.82) is 0 Å². The summed E-state index contributed by atoms with van der Waals surface area (Å²) in [5.74, 6) is -0.847. The quantitative estimate of drug-likeness (QED) is 0.214. The van der Waals surface area contributed by atoms with E-state index in [0.29, 0.717) is 22.9 Å². The van der Waals surface area contributed by atoms with E-state index in [1.54, 1.807) is 18.2 Å². The molecule has 0 saturated carbocycles. The van der Waals surface area contributed by atoms with Gasteiger partial charge in [-0.25, -0.2) is 9.82 Å². The molecule has 4 aromatic rings. The van der Waals surface area contributed by atoms with Gasteiger partial charge in [0.15, 0.2) is 0 Å². The number of carbonyl (C=O) groups is 2. The topological polar surface area (TPSA) is 79.8 Å². The number of nitrogens with zero attached hydrogens (tertiary/aromatic N) is 1. The van der Waals surface area contributed by atoms with E-state index in [0.717, 1.165) is 16.3 Å². The number of hydrogen-bond acceptors (Lipinski definition) is 4. The molecule has 0 fully saturated rings. The third-order valence-corrected chi connectivity index (χ3v) is 5.60. The molecular formula is C28H23ClFN3O3. The number of benzene rings is 4. The third kappa shape index (κ3) is 6.67. The SMILES string of the molecule is O=C(CCC(=O)Nc1ccccc1F)NN=Cc1c(OCc2ccc(Cl)cc2)ccc2ccccc12. The van der Waals surface area contributed by atoms with Crippen molar-refractivity contribution in [3.05, 3.63) is 107 Å². The summed E-state index contributed by atoms with van der Waals surface area (Å²) in [6.07, 6.45) is 1.31. The molecule has 36 heavy (non-hydrogen) atoms. The molecule has 0 spiro atoms. The van der Waals surface area contributed by atoms with Crippen LogP contribution in [0.2, 0.25) is 5.02 Å². The average Bonchev–Trinajstić information content (AvgIpc) is 2.89. The molecule has 6 nitrogen and oxygen atoms in total. The lowest BCUT2D eigenvalue weighted by Crippen LogP contribution is -2.21. The highest BCUT2D eigenvalue weighted by Crippen LogP contribution is 2.27. The Balaban J connectivity index is 1.39. The van der Waals surface area contributed by atoms with Crippen LogP contribution in [0.1, 0.15) is 24.0 Å². The van der Waals surface area contributed by atoms with Crippen molar-refractivity contribution in [3.8, 4) is 5.75 Å². The maximum atomic E-state index is 13.7. The second-order valence-corrected chi connectivity index (χ2v) is 8.37. The first kappa shape index (κ1) is 24.9. The van der Waals surface area contributed by atoms with Crippen LogP contribution in [-0.4, -0.2) is 18.0 Å². The molecular weight excluding hydrogens is 481 g/mol. The summed E-state index contributed by atoms with van der Waals surface area (Å²) >= 11 is 5.95. The Kier molecular flexibility index (Phi) is 8.26. The standard InChI is InChI=1S/C28H23ClFN3O3/c29-21-12-9-19(10-13-21)18-36-26-14-11-20-5-1-2-6-22(20)23(26)17-31-33-28(35)16-15-27(34)32-25-8-4-3-7-24(25)30/h1-14,17H,15-16,18H2,(H,32,34)(H,33,35). The zero-order valence-electron chi connectivity index (χ0n) is 19.2. The maximum absolute atomic E-state index is 13.7.